The molecule has 0 radical (unpaired) electrons. The van der Waals surface area contributed by atoms with Crippen LogP contribution in [-0.4, -0.2) is 19.2 Å². The lowest BCUT2D eigenvalue weighted by atomic mass is 9.69. The molecule has 0 amide bonds. The lowest BCUT2D eigenvalue weighted by Crippen LogP contribution is -2.43. The van der Waals surface area contributed by atoms with E-state index in [4.69, 9.17) is 4.74 Å². The van der Waals surface area contributed by atoms with E-state index in [0.717, 1.165) is 18.5 Å². The van der Waals surface area contributed by atoms with E-state index >= 15 is 0 Å². The van der Waals surface area contributed by atoms with Crippen molar-refractivity contribution in [3.05, 3.63) is 29.6 Å². The summed E-state index contributed by atoms with van der Waals surface area (Å²) in [6.07, 6.45) is 2.26. The third-order valence-corrected chi connectivity index (χ3v) is 3.92. The second-order valence-corrected chi connectivity index (χ2v) is 6.46. The van der Waals surface area contributed by atoms with Crippen molar-refractivity contribution in [1.29, 1.82) is 0 Å². The van der Waals surface area contributed by atoms with Gasteiger partial charge in [-0.25, -0.2) is 4.39 Å². The monoisotopic (exact) mass is 265 g/mol. The molecule has 0 saturated heterocycles. The van der Waals surface area contributed by atoms with Gasteiger partial charge in [0.25, 0.3) is 0 Å². The molecule has 1 fully saturated rings. The van der Waals surface area contributed by atoms with Gasteiger partial charge in [0.2, 0.25) is 0 Å². The molecule has 0 spiro atoms. The summed E-state index contributed by atoms with van der Waals surface area (Å²) in [5.41, 5.74) is 0.964. The maximum Gasteiger partial charge on any atom is 0.130 e. The van der Waals surface area contributed by atoms with Crippen LogP contribution in [0.2, 0.25) is 0 Å². The average Bonchev–Trinajstić information content (AvgIpc) is 2.28. The highest BCUT2D eigenvalue weighted by Crippen LogP contribution is 2.43. The average molecular weight is 265 g/mol. The number of hydrogen-bond donors (Lipinski definition) is 1. The van der Waals surface area contributed by atoms with Crippen molar-refractivity contribution in [2.45, 2.75) is 45.1 Å². The summed E-state index contributed by atoms with van der Waals surface area (Å²) in [5.74, 6) is 1.35. The quantitative estimate of drug-likeness (QED) is 0.896. The molecule has 2 unspecified atom stereocenters. The van der Waals surface area contributed by atoms with Gasteiger partial charge >= 0.3 is 0 Å². The van der Waals surface area contributed by atoms with Gasteiger partial charge in [-0.15, -0.1) is 0 Å². The summed E-state index contributed by atoms with van der Waals surface area (Å²) < 4.78 is 19.1. The highest BCUT2D eigenvalue weighted by atomic mass is 19.1. The smallest absolute Gasteiger partial charge is 0.130 e. The largest absolute Gasteiger partial charge is 0.497 e. The molecular formula is C16H24FNO. The molecule has 2 atom stereocenters. The van der Waals surface area contributed by atoms with Crippen molar-refractivity contribution in [3.8, 4) is 5.75 Å². The highest BCUT2D eigenvalue weighted by Gasteiger charge is 2.34. The molecule has 106 valence electrons. The molecular weight excluding hydrogens is 241 g/mol. The number of benzene rings is 1. The fourth-order valence-corrected chi connectivity index (χ4v) is 2.60. The topological polar surface area (TPSA) is 21.3 Å². The molecule has 0 bridgehead atoms. The maximum atomic E-state index is 14.1. The van der Waals surface area contributed by atoms with Gasteiger partial charge in [-0.3, -0.25) is 0 Å². The van der Waals surface area contributed by atoms with Gasteiger partial charge in [-0.1, -0.05) is 6.07 Å². The Balaban J connectivity index is 2.02. The zero-order chi connectivity index (χ0) is 14.0. The van der Waals surface area contributed by atoms with Gasteiger partial charge in [-0.05, 0) is 63.6 Å². The summed E-state index contributed by atoms with van der Waals surface area (Å²) in [6.45, 7) is 7.44. The van der Waals surface area contributed by atoms with E-state index in [2.05, 4.69) is 26.1 Å². The van der Waals surface area contributed by atoms with Gasteiger partial charge in [0.1, 0.15) is 11.6 Å². The Labute approximate surface area is 115 Å². The Kier molecular flexibility index (Phi) is 4.14. The van der Waals surface area contributed by atoms with Gasteiger partial charge in [0.15, 0.2) is 0 Å². The van der Waals surface area contributed by atoms with E-state index in [1.54, 1.807) is 7.11 Å². The Bertz CT molecular complexity index is 439. The number of halogens is 1. The van der Waals surface area contributed by atoms with Gasteiger partial charge < -0.3 is 10.1 Å². The molecule has 3 heteroatoms. The fraction of sp³-hybridized carbons (Fsp3) is 0.625. The van der Waals surface area contributed by atoms with E-state index in [1.165, 1.54) is 12.5 Å². The van der Waals surface area contributed by atoms with Crippen molar-refractivity contribution >= 4 is 0 Å². The number of nitrogens with one attached hydrogen (secondary N) is 1. The Hall–Kier alpha value is -1.09. The molecule has 1 aromatic carbocycles. The van der Waals surface area contributed by atoms with Gasteiger partial charge in [0, 0.05) is 11.6 Å². The predicted molar refractivity (Wildman–Crippen MR) is 76.2 cm³/mol. The zero-order valence-corrected chi connectivity index (χ0v) is 12.3. The molecule has 0 aliphatic heterocycles. The Morgan fingerprint density at radius 3 is 2.53 bits per heavy atom. The third-order valence-electron chi connectivity index (χ3n) is 3.92. The van der Waals surface area contributed by atoms with Crippen LogP contribution in [-0.2, 0) is 0 Å². The second kappa shape index (κ2) is 5.49. The molecule has 0 heterocycles. The van der Waals surface area contributed by atoms with Crippen LogP contribution in [0.1, 0.15) is 45.1 Å². The van der Waals surface area contributed by atoms with Gasteiger partial charge in [-0.2, -0.15) is 0 Å². The summed E-state index contributed by atoms with van der Waals surface area (Å²) >= 11 is 0. The summed E-state index contributed by atoms with van der Waals surface area (Å²) in [7, 11) is 1.56. The highest BCUT2D eigenvalue weighted by molar-refractivity contribution is 5.32. The first kappa shape index (κ1) is 14.3. The van der Waals surface area contributed by atoms with E-state index in [9.17, 15) is 4.39 Å². The van der Waals surface area contributed by atoms with Crippen LogP contribution >= 0.6 is 0 Å². The molecule has 19 heavy (non-hydrogen) atoms. The molecule has 1 saturated carbocycles. The summed E-state index contributed by atoms with van der Waals surface area (Å²) in [5, 5.41) is 3.52. The number of ether oxygens (including phenoxy) is 1. The Morgan fingerprint density at radius 2 is 2.05 bits per heavy atom. The van der Waals surface area contributed by atoms with Crippen LogP contribution < -0.4 is 10.1 Å². The number of hydrogen-bond acceptors (Lipinski definition) is 2. The van der Waals surface area contributed by atoms with Crippen LogP contribution in [0.4, 0.5) is 4.39 Å². The zero-order valence-electron chi connectivity index (χ0n) is 12.3. The lowest BCUT2D eigenvalue weighted by molar-refractivity contribution is 0.221. The van der Waals surface area contributed by atoms with E-state index < -0.39 is 0 Å². The Morgan fingerprint density at radius 1 is 1.32 bits per heavy atom. The van der Waals surface area contributed by atoms with Crippen molar-refractivity contribution in [2.75, 3.05) is 13.7 Å². The van der Waals surface area contributed by atoms with E-state index in [0.29, 0.717) is 17.6 Å². The first-order valence-electron chi connectivity index (χ1n) is 6.99. The van der Waals surface area contributed by atoms with Crippen LogP contribution in [0.3, 0.4) is 0 Å². The van der Waals surface area contributed by atoms with Crippen molar-refractivity contribution in [3.63, 3.8) is 0 Å². The third kappa shape index (κ3) is 3.47. The molecule has 2 nitrogen and oxygen atoms in total. The van der Waals surface area contributed by atoms with Crippen molar-refractivity contribution < 1.29 is 9.13 Å². The van der Waals surface area contributed by atoms with Crippen LogP contribution in [0.15, 0.2) is 18.2 Å². The summed E-state index contributed by atoms with van der Waals surface area (Å²) in [4.78, 5) is 0. The molecule has 1 N–H and O–H groups in total. The normalized spacial score (nSPS) is 23.0. The molecule has 1 aromatic rings. The molecule has 1 aliphatic rings. The summed E-state index contributed by atoms with van der Waals surface area (Å²) in [6, 6.07) is 5.22. The minimum absolute atomic E-state index is 0.124. The molecule has 2 rings (SSSR count). The first-order chi connectivity index (χ1) is 8.90. The fourth-order valence-electron chi connectivity index (χ4n) is 2.60. The van der Waals surface area contributed by atoms with E-state index in [1.807, 2.05) is 12.1 Å². The predicted octanol–water partition coefficient (Wildman–Crippen LogP) is 3.72. The van der Waals surface area contributed by atoms with E-state index in [-0.39, 0.29) is 11.4 Å². The standard InChI is InChI=1S/C16H24FNO/c1-16(2,3)18-10-11-5-7-13(11)14-8-6-12(19-4)9-15(14)17/h6,8-9,11,13,18H,5,7,10H2,1-4H3. The maximum absolute atomic E-state index is 14.1. The van der Waals surface area contributed by atoms with Crippen LogP contribution in [0.5, 0.6) is 5.75 Å². The minimum atomic E-state index is -0.134. The van der Waals surface area contributed by atoms with Crippen LogP contribution in [0.25, 0.3) is 0 Å². The molecule has 1 aliphatic carbocycles. The number of methoxy groups -OCH3 is 1. The van der Waals surface area contributed by atoms with Crippen molar-refractivity contribution in [2.24, 2.45) is 5.92 Å². The second-order valence-electron chi connectivity index (χ2n) is 6.46. The van der Waals surface area contributed by atoms with Crippen LogP contribution in [0, 0.1) is 11.7 Å². The van der Waals surface area contributed by atoms with Crippen molar-refractivity contribution in [1.82, 2.24) is 5.32 Å². The van der Waals surface area contributed by atoms with Gasteiger partial charge in [0.05, 0.1) is 7.11 Å². The SMILES string of the molecule is COc1ccc(C2CCC2CNC(C)(C)C)c(F)c1. The number of rotatable bonds is 4. The molecule has 0 aromatic heterocycles. The lowest BCUT2D eigenvalue weighted by Gasteiger charge is -2.39. The minimum Gasteiger partial charge on any atom is -0.497 e. The first-order valence-corrected chi connectivity index (χ1v) is 6.99.